The van der Waals surface area contributed by atoms with E-state index in [4.69, 9.17) is 10.5 Å². The summed E-state index contributed by atoms with van der Waals surface area (Å²) < 4.78 is 5.91. The third kappa shape index (κ3) is 2.79. The fourth-order valence-electron chi connectivity index (χ4n) is 2.34. The van der Waals surface area contributed by atoms with Crippen LogP contribution in [0.15, 0.2) is 18.3 Å². The topological polar surface area (TPSA) is 77.2 Å². The van der Waals surface area contributed by atoms with Gasteiger partial charge in [0.1, 0.15) is 17.5 Å². The quantitative estimate of drug-likeness (QED) is 0.832. The molecule has 1 aliphatic carbocycles. The van der Waals surface area contributed by atoms with Crippen molar-refractivity contribution in [2.75, 3.05) is 13.6 Å². The molecule has 2 rings (SSSR count). The third-order valence-corrected chi connectivity index (χ3v) is 3.37. The zero-order chi connectivity index (χ0) is 13.0. The van der Waals surface area contributed by atoms with Crippen LogP contribution in [0.5, 0.6) is 5.75 Å². The number of nitrogens with one attached hydrogen (secondary N) is 1. The number of carbonyl (C=O) groups is 1. The second kappa shape index (κ2) is 5.82. The van der Waals surface area contributed by atoms with Gasteiger partial charge in [-0.05, 0) is 31.9 Å². The Balaban J connectivity index is 2.07. The molecule has 0 bridgehead atoms. The van der Waals surface area contributed by atoms with E-state index in [1.807, 2.05) is 0 Å². The van der Waals surface area contributed by atoms with E-state index < -0.39 is 0 Å². The number of amides is 1. The van der Waals surface area contributed by atoms with Gasteiger partial charge in [0.2, 0.25) is 0 Å². The van der Waals surface area contributed by atoms with Gasteiger partial charge in [0, 0.05) is 25.2 Å². The van der Waals surface area contributed by atoms with Gasteiger partial charge in [-0.25, -0.2) is 0 Å². The molecule has 0 aromatic carbocycles. The molecular formula is C13H19N3O2. The van der Waals surface area contributed by atoms with Crippen LogP contribution in [-0.4, -0.2) is 30.6 Å². The second-order valence-corrected chi connectivity index (χ2v) is 4.54. The fourth-order valence-corrected chi connectivity index (χ4v) is 2.34. The molecule has 1 heterocycles. The molecule has 2 unspecified atom stereocenters. The zero-order valence-corrected chi connectivity index (χ0v) is 10.6. The maximum atomic E-state index is 11.5. The number of carbonyl (C=O) groups excluding carboxylic acids is 1. The highest BCUT2D eigenvalue weighted by Gasteiger charge is 2.27. The first kappa shape index (κ1) is 12.8. The van der Waals surface area contributed by atoms with E-state index in [2.05, 4.69) is 10.3 Å². The predicted octanol–water partition coefficient (Wildman–Crippen LogP) is 0.947. The van der Waals surface area contributed by atoms with Crippen LogP contribution in [-0.2, 0) is 0 Å². The van der Waals surface area contributed by atoms with Crippen LogP contribution in [0.3, 0.4) is 0 Å². The van der Waals surface area contributed by atoms with Crippen molar-refractivity contribution >= 4 is 5.91 Å². The van der Waals surface area contributed by atoms with Crippen molar-refractivity contribution in [1.82, 2.24) is 10.3 Å². The van der Waals surface area contributed by atoms with Crippen molar-refractivity contribution in [1.29, 1.82) is 0 Å². The summed E-state index contributed by atoms with van der Waals surface area (Å²) in [6, 6.07) is 3.45. The summed E-state index contributed by atoms with van der Waals surface area (Å²) in [5, 5.41) is 2.55. The van der Waals surface area contributed by atoms with Crippen molar-refractivity contribution < 1.29 is 9.53 Å². The number of hydrogen-bond acceptors (Lipinski definition) is 4. The lowest BCUT2D eigenvalue weighted by Crippen LogP contribution is -2.27. The van der Waals surface area contributed by atoms with Crippen LogP contribution >= 0.6 is 0 Å². The summed E-state index contributed by atoms with van der Waals surface area (Å²) in [6.45, 7) is 0.651. The van der Waals surface area contributed by atoms with Gasteiger partial charge in [-0.2, -0.15) is 0 Å². The normalized spacial score (nSPS) is 22.8. The molecule has 1 saturated carbocycles. The Kier molecular flexibility index (Phi) is 4.15. The van der Waals surface area contributed by atoms with Crippen molar-refractivity contribution in [2.24, 2.45) is 11.7 Å². The maximum absolute atomic E-state index is 11.5. The first-order valence-corrected chi connectivity index (χ1v) is 6.29. The highest BCUT2D eigenvalue weighted by Crippen LogP contribution is 2.29. The van der Waals surface area contributed by atoms with Crippen molar-refractivity contribution in [3.63, 3.8) is 0 Å². The van der Waals surface area contributed by atoms with E-state index in [-0.39, 0.29) is 12.0 Å². The van der Waals surface area contributed by atoms with E-state index >= 15 is 0 Å². The number of rotatable bonds is 4. The highest BCUT2D eigenvalue weighted by molar-refractivity contribution is 5.92. The largest absolute Gasteiger partial charge is 0.490 e. The Labute approximate surface area is 107 Å². The lowest BCUT2D eigenvalue weighted by atomic mass is 10.1. The molecule has 1 aromatic heterocycles. The van der Waals surface area contributed by atoms with Crippen molar-refractivity contribution in [3.8, 4) is 5.75 Å². The average Bonchev–Trinajstić information content (AvgIpc) is 2.85. The Hall–Kier alpha value is -1.62. The molecule has 0 saturated heterocycles. The van der Waals surface area contributed by atoms with Gasteiger partial charge in [-0.15, -0.1) is 0 Å². The molecule has 2 atom stereocenters. The standard InChI is InChI=1S/C13H19N3O2/c1-15-13(17)11-7-10(5-6-16-11)18-12-4-2-3-9(12)8-14/h5-7,9,12H,2-4,8,14H2,1H3,(H,15,17). The molecule has 5 heteroatoms. The molecule has 18 heavy (non-hydrogen) atoms. The number of nitrogens with two attached hydrogens (primary N) is 1. The summed E-state index contributed by atoms with van der Waals surface area (Å²) >= 11 is 0. The molecule has 3 N–H and O–H groups in total. The highest BCUT2D eigenvalue weighted by atomic mass is 16.5. The van der Waals surface area contributed by atoms with E-state index in [0.717, 1.165) is 19.3 Å². The molecule has 1 amide bonds. The van der Waals surface area contributed by atoms with Gasteiger partial charge in [0.05, 0.1) is 0 Å². The summed E-state index contributed by atoms with van der Waals surface area (Å²) in [4.78, 5) is 15.5. The van der Waals surface area contributed by atoms with E-state index in [0.29, 0.717) is 23.9 Å². The van der Waals surface area contributed by atoms with E-state index in [1.54, 1.807) is 25.4 Å². The molecule has 1 fully saturated rings. The number of nitrogens with zero attached hydrogens (tertiary/aromatic N) is 1. The van der Waals surface area contributed by atoms with E-state index in [9.17, 15) is 4.79 Å². The van der Waals surface area contributed by atoms with Crippen molar-refractivity contribution in [2.45, 2.75) is 25.4 Å². The maximum Gasteiger partial charge on any atom is 0.269 e. The third-order valence-electron chi connectivity index (χ3n) is 3.37. The summed E-state index contributed by atoms with van der Waals surface area (Å²) in [5.41, 5.74) is 6.09. The van der Waals surface area contributed by atoms with E-state index in [1.165, 1.54) is 0 Å². The minimum absolute atomic E-state index is 0.162. The number of ether oxygens (including phenoxy) is 1. The van der Waals surface area contributed by atoms with Crippen LogP contribution in [0, 0.1) is 5.92 Å². The number of aromatic nitrogens is 1. The van der Waals surface area contributed by atoms with Gasteiger partial charge < -0.3 is 15.8 Å². The number of hydrogen-bond donors (Lipinski definition) is 2. The Morgan fingerprint density at radius 3 is 3.17 bits per heavy atom. The van der Waals surface area contributed by atoms with Crippen LogP contribution in [0.4, 0.5) is 0 Å². The molecular weight excluding hydrogens is 230 g/mol. The van der Waals surface area contributed by atoms with Crippen molar-refractivity contribution in [3.05, 3.63) is 24.0 Å². The minimum atomic E-state index is -0.206. The monoisotopic (exact) mass is 249 g/mol. The summed E-state index contributed by atoms with van der Waals surface area (Å²) in [7, 11) is 1.58. The van der Waals surface area contributed by atoms with Gasteiger partial charge in [0.25, 0.3) is 5.91 Å². The van der Waals surface area contributed by atoms with Gasteiger partial charge in [0.15, 0.2) is 0 Å². The SMILES string of the molecule is CNC(=O)c1cc(OC2CCCC2CN)ccn1. The van der Waals surface area contributed by atoms with Gasteiger partial charge >= 0.3 is 0 Å². The van der Waals surface area contributed by atoms with Crippen LogP contribution in [0.2, 0.25) is 0 Å². The Bertz CT molecular complexity index is 422. The van der Waals surface area contributed by atoms with Crippen LogP contribution < -0.4 is 15.8 Å². The molecule has 1 aromatic rings. The van der Waals surface area contributed by atoms with Crippen LogP contribution in [0.1, 0.15) is 29.8 Å². The second-order valence-electron chi connectivity index (χ2n) is 4.54. The van der Waals surface area contributed by atoms with Gasteiger partial charge in [-0.1, -0.05) is 0 Å². The molecule has 1 aliphatic rings. The predicted molar refractivity (Wildman–Crippen MR) is 68.4 cm³/mol. The molecule has 5 nitrogen and oxygen atoms in total. The first-order valence-electron chi connectivity index (χ1n) is 6.29. The smallest absolute Gasteiger partial charge is 0.269 e. The Morgan fingerprint density at radius 1 is 1.61 bits per heavy atom. The average molecular weight is 249 g/mol. The van der Waals surface area contributed by atoms with Crippen LogP contribution in [0.25, 0.3) is 0 Å². The van der Waals surface area contributed by atoms with Gasteiger partial charge in [-0.3, -0.25) is 9.78 Å². The zero-order valence-electron chi connectivity index (χ0n) is 10.6. The molecule has 98 valence electrons. The fraction of sp³-hybridized carbons (Fsp3) is 0.538. The lowest BCUT2D eigenvalue weighted by molar-refractivity contribution is 0.0956. The minimum Gasteiger partial charge on any atom is -0.490 e. The molecule has 0 spiro atoms. The lowest BCUT2D eigenvalue weighted by Gasteiger charge is -2.19. The first-order chi connectivity index (χ1) is 8.74. The number of pyridine rings is 1. The molecule has 0 aliphatic heterocycles. The summed E-state index contributed by atoms with van der Waals surface area (Å²) in [6.07, 6.45) is 5.05. The molecule has 0 radical (unpaired) electrons. The summed E-state index contributed by atoms with van der Waals surface area (Å²) in [5.74, 6) is 0.901. The Morgan fingerprint density at radius 2 is 2.44 bits per heavy atom.